The van der Waals surface area contributed by atoms with Gasteiger partial charge in [0.1, 0.15) is 11.4 Å². The standard InChI is InChI=1S/C18H16N4O4/c1-22(2)18(26)11-6-3-7-12(15(11)23)21-14-13(16(24)17(14)25)20-10-5-4-8-19-9-10/h3-9,20-21,23H,1-2H3. The Morgan fingerprint density at radius 2 is 1.73 bits per heavy atom. The Bertz CT molecular complexity index is 1040. The van der Waals surface area contributed by atoms with Crippen molar-refractivity contribution in [2.24, 2.45) is 0 Å². The van der Waals surface area contributed by atoms with Crippen LogP contribution in [0, 0.1) is 0 Å². The Labute approximate surface area is 148 Å². The van der Waals surface area contributed by atoms with Crippen molar-refractivity contribution in [3.63, 3.8) is 0 Å². The number of rotatable bonds is 5. The molecular formula is C18H16N4O4. The van der Waals surface area contributed by atoms with E-state index in [0.717, 1.165) is 0 Å². The number of para-hydroxylation sites is 1. The van der Waals surface area contributed by atoms with E-state index < -0.39 is 10.9 Å². The number of hydrogen-bond donors (Lipinski definition) is 3. The van der Waals surface area contributed by atoms with Crippen LogP contribution in [0.3, 0.4) is 0 Å². The summed E-state index contributed by atoms with van der Waals surface area (Å²) in [6.45, 7) is 0. The molecular weight excluding hydrogens is 336 g/mol. The molecule has 0 aliphatic rings. The van der Waals surface area contributed by atoms with Crippen molar-refractivity contribution in [2.75, 3.05) is 24.7 Å². The summed E-state index contributed by atoms with van der Waals surface area (Å²) >= 11 is 0. The fourth-order valence-corrected chi connectivity index (χ4v) is 2.40. The van der Waals surface area contributed by atoms with Gasteiger partial charge in [-0.3, -0.25) is 19.4 Å². The third kappa shape index (κ3) is 3.00. The van der Waals surface area contributed by atoms with E-state index in [-0.39, 0.29) is 34.3 Å². The molecule has 3 rings (SSSR count). The molecule has 0 fully saturated rings. The highest BCUT2D eigenvalue weighted by molar-refractivity contribution is 5.99. The van der Waals surface area contributed by atoms with E-state index in [1.165, 1.54) is 23.2 Å². The molecule has 8 heteroatoms. The van der Waals surface area contributed by atoms with Gasteiger partial charge in [-0.15, -0.1) is 0 Å². The van der Waals surface area contributed by atoms with Crippen molar-refractivity contribution in [3.8, 4) is 5.75 Å². The van der Waals surface area contributed by atoms with E-state index in [1.54, 1.807) is 38.5 Å². The number of hydrogen-bond acceptors (Lipinski definition) is 7. The molecule has 0 bridgehead atoms. The minimum absolute atomic E-state index is 0.0172. The molecule has 1 amide bonds. The zero-order chi connectivity index (χ0) is 18.8. The van der Waals surface area contributed by atoms with Crippen LogP contribution >= 0.6 is 0 Å². The lowest BCUT2D eigenvalue weighted by molar-refractivity contribution is 0.0824. The second-order valence-electron chi connectivity index (χ2n) is 5.80. The number of nitrogens with zero attached hydrogens (tertiary/aromatic N) is 2. The first kappa shape index (κ1) is 17.2. The maximum atomic E-state index is 12.1. The van der Waals surface area contributed by atoms with Crippen LogP contribution in [0.4, 0.5) is 22.7 Å². The molecule has 26 heavy (non-hydrogen) atoms. The smallest absolute Gasteiger partial charge is 0.257 e. The van der Waals surface area contributed by atoms with Gasteiger partial charge < -0.3 is 20.6 Å². The molecule has 1 aromatic heterocycles. The third-order valence-corrected chi connectivity index (χ3v) is 3.77. The molecule has 0 spiro atoms. The van der Waals surface area contributed by atoms with Crippen molar-refractivity contribution < 1.29 is 9.90 Å². The van der Waals surface area contributed by atoms with Crippen molar-refractivity contribution in [3.05, 3.63) is 68.7 Å². The molecule has 132 valence electrons. The van der Waals surface area contributed by atoms with Crippen LogP contribution in [-0.2, 0) is 0 Å². The number of aromatic nitrogens is 1. The number of carbonyl (C=O) groups is 1. The van der Waals surface area contributed by atoms with Gasteiger partial charge in [0.05, 0.1) is 23.1 Å². The summed E-state index contributed by atoms with van der Waals surface area (Å²) in [5, 5.41) is 15.9. The molecule has 0 aliphatic heterocycles. The minimum Gasteiger partial charge on any atom is -0.505 e. The first-order valence-electron chi connectivity index (χ1n) is 7.71. The average Bonchev–Trinajstić information content (AvgIpc) is 2.65. The van der Waals surface area contributed by atoms with Gasteiger partial charge in [0.25, 0.3) is 16.8 Å². The number of phenols is 1. The molecule has 0 atom stereocenters. The molecule has 2 aromatic carbocycles. The molecule has 0 aliphatic carbocycles. The quantitative estimate of drug-likeness (QED) is 0.472. The molecule has 0 saturated heterocycles. The zero-order valence-electron chi connectivity index (χ0n) is 14.1. The first-order chi connectivity index (χ1) is 12.4. The lowest BCUT2D eigenvalue weighted by Crippen LogP contribution is -2.35. The molecule has 8 nitrogen and oxygen atoms in total. The van der Waals surface area contributed by atoms with Gasteiger partial charge in [0, 0.05) is 20.3 Å². The van der Waals surface area contributed by atoms with Gasteiger partial charge in [-0.1, -0.05) is 6.07 Å². The SMILES string of the molecule is CN(C)C(=O)c1cccc(Nc2c(Nc3cccnc3)c(=O)c2=O)c1O. The summed E-state index contributed by atoms with van der Waals surface area (Å²) < 4.78 is 0. The Hall–Kier alpha value is -3.68. The number of phenolic OH excluding ortho intramolecular Hbond substituents is 1. The van der Waals surface area contributed by atoms with Gasteiger partial charge in [0.15, 0.2) is 5.75 Å². The average molecular weight is 352 g/mol. The highest BCUT2D eigenvalue weighted by Gasteiger charge is 2.23. The van der Waals surface area contributed by atoms with Gasteiger partial charge in [0.2, 0.25) is 0 Å². The van der Waals surface area contributed by atoms with Crippen molar-refractivity contribution in [1.29, 1.82) is 0 Å². The maximum Gasteiger partial charge on any atom is 0.257 e. The summed E-state index contributed by atoms with van der Waals surface area (Å²) in [6.07, 6.45) is 3.09. The summed E-state index contributed by atoms with van der Waals surface area (Å²) in [5.41, 5.74) is -0.505. The lowest BCUT2D eigenvalue weighted by atomic mass is 10.1. The summed E-state index contributed by atoms with van der Waals surface area (Å²) in [4.78, 5) is 41.1. The number of benzene rings is 1. The molecule has 3 aromatic rings. The van der Waals surface area contributed by atoms with Gasteiger partial charge in [-0.25, -0.2) is 0 Å². The Kier molecular flexibility index (Phi) is 4.40. The molecule has 0 radical (unpaired) electrons. The van der Waals surface area contributed by atoms with Gasteiger partial charge >= 0.3 is 0 Å². The van der Waals surface area contributed by atoms with Crippen molar-refractivity contribution >= 4 is 28.7 Å². The fourth-order valence-electron chi connectivity index (χ4n) is 2.40. The topological polar surface area (TPSA) is 112 Å². The Morgan fingerprint density at radius 1 is 1.04 bits per heavy atom. The monoisotopic (exact) mass is 352 g/mol. The predicted octanol–water partition coefficient (Wildman–Crippen LogP) is 1.57. The molecule has 3 N–H and O–H groups in total. The predicted molar refractivity (Wildman–Crippen MR) is 98.3 cm³/mol. The van der Waals surface area contributed by atoms with E-state index in [0.29, 0.717) is 5.69 Å². The van der Waals surface area contributed by atoms with Crippen LogP contribution in [0.2, 0.25) is 0 Å². The summed E-state index contributed by atoms with van der Waals surface area (Å²) in [5.74, 6) is -0.684. The number of pyridine rings is 1. The number of aromatic hydroxyl groups is 1. The lowest BCUT2D eigenvalue weighted by Gasteiger charge is -2.17. The second-order valence-corrected chi connectivity index (χ2v) is 5.80. The molecule has 0 saturated carbocycles. The zero-order valence-corrected chi connectivity index (χ0v) is 14.1. The van der Waals surface area contributed by atoms with Gasteiger partial charge in [-0.05, 0) is 24.3 Å². The number of carbonyl (C=O) groups excluding carboxylic acids is 1. The van der Waals surface area contributed by atoms with E-state index in [2.05, 4.69) is 15.6 Å². The molecule has 1 heterocycles. The number of amides is 1. The highest BCUT2D eigenvalue weighted by Crippen LogP contribution is 2.32. The summed E-state index contributed by atoms with van der Waals surface area (Å²) in [6, 6.07) is 7.93. The van der Waals surface area contributed by atoms with E-state index >= 15 is 0 Å². The fraction of sp³-hybridized carbons (Fsp3) is 0.111. The van der Waals surface area contributed by atoms with E-state index in [9.17, 15) is 19.5 Å². The van der Waals surface area contributed by atoms with Crippen molar-refractivity contribution in [1.82, 2.24) is 9.88 Å². The van der Waals surface area contributed by atoms with E-state index in [4.69, 9.17) is 0 Å². The van der Waals surface area contributed by atoms with Crippen LogP contribution in [0.25, 0.3) is 0 Å². The third-order valence-electron chi connectivity index (χ3n) is 3.77. The van der Waals surface area contributed by atoms with Gasteiger partial charge in [-0.2, -0.15) is 0 Å². The first-order valence-corrected chi connectivity index (χ1v) is 7.71. The summed E-state index contributed by atoms with van der Waals surface area (Å²) in [7, 11) is 3.13. The minimum atomic E-state index is -0.708. The largest absolute Gasteiger partial charge is 0.505 e. The highest BCUT2D eigenvalue weighted by atomic mass is 16.3. The van der Waals surface area contributed by atoms with Crippen LogP contribution in [-0.4, -0.2) is 35.0 Å². The van der Waals surface area contributed by atoms with E-state index in [1.807, 2.05) is 0 Å². The number of anilines is 4. The maximum absolute atomic E-state index is 12.1. The van der Waals surface area contributed by atoms with Crippen LogP contribution in [0.15, 0.2) is 52.3 Å². The number of nitrogens with one attached hydrogen (secondary N) is 2. The van der Waals surface area contributed by atoms with Crippen LogP contribution < -0.4 is 21.5 Å². The van der Waals surface area contributed by atoms with Crippen LogP contribution in [0.1, 0.15) is 10.4 Å². The Balaban J connectivity index is 1.93. The van der Waals surface area contributed by atoms with Crippen LogP contribution in [0.5, 0.6) is 5.75 Å². The second kappa shape index (κ2) is 6.67. The van der Waals surface area contributed by atoms with Crippen molar-refractivity contribution in [2.45, 2.75) is 0 Å². The Morgan fingerprint density at radius 3 is 2.35 bits per heavy atom. The molecule has 0 unspecified atom stereocenters. The normalized spacial score (nSPS) is 10.5.